The fraction of sp³-hybridized carbons (Fsp3) is 0.455. The third-order valence-electron chi connectivity index (χ3n) is 2.40. The lowest BCUT2D eigenvalue weighted by atomic mass is 10.2. The molecule has 1 rings (SSSR count). The number of hydrogen-bond acceptors (Lipinski definition) is 3. The normalized spacial score (nSPS) is 10.1. The van der Waals surface area contributed by atoms with Crippen molar-refractivity contribution in [2.45, 2.75) is 13.8 Å². The zero-order valence-corrected chi connectivity index (χ0v) is 11.0. The van der Waals surface area contributed by atoms with Gasteiger partial charge in [-0.2, -0.15) is 0 Å². The molecule has 0 bridgehead atoms. The van der Waals surface area contributed by atoms with Gasteiger partial charge in [0.1, 0.15) is 5.75 Å². The van der Waals surface area contributed by atoms with Gasteiger partial charge in [0, 0.05) is 23.6 Å². The van der Waals surface area contributed by atoms with Crippen LogP contribution in [-0.2, 0) is 0 Å². The summed E-state index contributed by atoms with van der Waals surface area (Å²) in [4.78, 5) is 2.24. The summed E-state index contributed by atoms with van der Waals surface area (Å²) < 4.78 is 6.21. The van der Waals surface area contributed by atoms with E-state index in [1.165, 1.54) is 0 Å². The molecule has 0 unspecified atom stereocenters. The van der Waals surface area contributed by atoms with Crippen LogP contribution in [0.25, 0.3) is 0 Å². The Morgan fingerprint density at radius 2 is 1.93 bits per heavy atom. The first kappa shape index (κ1) is 12.2. The third kappa shape index (κ3) is 2.56. The van der Waals surface area contributed by atoms with Gasteiger partial charge in [0.05, 0.1) is 18.5 Å². The summed E-state index contributed by atoms with van der Waals surface area (Å²) in [6.07, 6.45) is 0. The lowest BCUT2D eigenvalue weighted by Crippen LogP contribution is -2.22. The van der Waals surface area contributed by atoms with Crippen LogP contribution in [0.2, 0.25) is 0 Å². The summed E-state index contributed by atoms with van der Waals surface area (Å²) in [6.45, 7) is 6.17. The Morgan fingerprint density at radius 1 is 1.33 bits per heavy atom. The fourth-order valence-electron chi connectivity index (χ4n) is 1.54. The summed E-state index contributed by atoms with van der Waals surface area (Å²) in [5, 5.41) is 0. The Hall–Kier alpha value is -0.900. The topological polar surface area (TPSA) is 38.5 Å². The Labute approximate surface area is 99.3 Å². The highest BCUT2D eigenvalue weighted by molar-refractivity contribution is 9.10. The van der Waals surface area contributed by atoms with Gasteiger partial charge in [-0.15, -0.1) is 0 Å². The number of nitrogens with zero attached hydrogens (tertiary/aromatic N) is 1. The van der Waals surface area contributed by atoms with Gasteiger partial charge in [0.2, 0.25) is 0 Å². The molecule has 15 heavy (non-hydrogen) atoms. The van der Waals surface area contributed by atoms with Gasteiger partial charge in [-0.3, -0.25) is 0 Å². The van der Waals surface area contributed by atoms with Crippen molar-refractivity contribution in [3.05, 3.63) is 16.6 Å². The number of ether oxygens (including phenoxy) is 1. The standard InChI is InChI=1S/C11H17BrN2O/c1-4-14(5-2)10-7-11(15-3)9(13)6-8(10)12/h6-7H,4-5,13H2,1-3H3. The second-order valence-corrected chi connectivity index (χ2v) is 4.07. The molecule has 0 saturated carbocycles. The number of halogens is 1. The minimum atomic E-state index is 0.653. The molecule has 0 aliphatic heterocycles. The van der Waals surface area contributed by atoms with Crippen LogP contribution in [0.4, 0.5) is 11.4 Å². The molecule has 0 radical (unpaired) electrons. The molecule has 2 N–H and O–H groups in total. The quantitative estimate of drug-likeness (QED) is 0.857. The van der Waals surface area contributed by atoms with E-state index in [0.29, 0.717) is 5.69 Å². The predicted octanol–water partition coefficient (Wildman–Crippen LogP) is 2.89. The molecule has 0 spiro atoms. The van der Waals surface area contributed by atoms with E-state index in [2.05, 4.69) is 34.7 Å². The van der Waals surface area contributed by atoms with Crippen LogP contribution in [0.1, 0.15) is 13.8 Å². The van der Waals surface area contributed by atoms with E-state index in [1.807, 2.05) is 12.1 Å². The number of nitrogens with two attached hydrogens (primary N) is 1. The monoisotopic (exact) mass is 272 g/mol. The maximum absolute atomic E-state index is 5.81. The average molecular weight is 273 g/mol. The molecule has 0 fully saturated rings. The number of hydrogen-bond donors (Lipinski definition) is 1. The predicted molar refractivity (Wildman–Crippen MR) is 68.7 cm³/mol. The second kappa shape index (κ2) is 5.26. The van der Waals surface area contributed by atoms with Crippen molar-refractivity contribution in [3.8, 4) is 5.75 Å². The number of anilines is 2. The van der Waals surface area contributed by atoms with Crippen LogP contribution in [0.3, 0.4) is 0 Å². The highest BCUT2D eigenvalue weighted by atomic mass is 79.9. The number of nitrogen functional groups attached to an aromatic ring is 1. The first-order valence-electron chi connectivity index (χ1n) is 5.02. The van der Waals surface area contributed by atoms with Gasteiger partial charge in [-0.25, -0.2) is 0 Å². The first-order chi connectivity index (χ1) is 7.13. The molecular formula is C11H17BrN2O. The van der Waals surface area contributed by atoms with Gasteiger partial charge >= 0.3 is 0 Å². The summed E-state index contributed by atoms with van der Waals surface area (Å²) in [5.41, 5.74) is 7.58. The first-order valence-corrected chi connectivity index (χ1v) is 5.81. The second-order valence-electron chi connectivity index (χ2n) is 3.22. The van der Waals surface area contributed by atoms with E-state index < -0.39 is 0 Å². The molecule has 0 aliphatic rings. The lowest BCUT2D eigenvalue weighted by Gasteiger charge is -2.23. The minimum absolute atomic E-state index is 0.653. The summed E-state index contributed by atoms with van der Waals surface area (Å²) >= 11 is 3.52. The maximum Gasteiger partial charge on any atom is 0.143 e. The zero-order chi connectivity index (χ0) is 11.4. The van der Waals surface area contributed by atoms with E-state index >= 15 is 0 Å². The van der Waals surface area contributed by atoms with E-state index in [1.54, 1.807) is 7.11 Å². The molecule has 3 nitrogen and oxygen atoms in total. The van der Waals surface area contributed by atoms with E-state index in [-0.39, 0.29) is 0 Å². The zero-order valence-electron chi connectivity index (χ0n) is 9.38. The van der Waals surface area contributed by atoms with Crippen molar-refractivity contribution in [2.75, 3.05) is 30.8 Å². The molecular weight excluding hydrogens is 256 g/mol. The number of methoxy groups -OCH3 is 1. The molecule has 84 valence electrons. The third-order valence-corrected chi connectivity index (χ3v) is 3.04. The van der Waals surface area contributed by atoms with Crippen LogP contribution in [0, 0.1) is 0 Å². The molecule has 0 saturated heterocycles. The van der Waals surface area contributed by atoms with Gasteiger partial charge in [0.25, 0.3) is 0 Å². The molecule has 1 aromatic rings. The van der Waals surface area contributed by atoms with Gasteiger partial charge < -0.3 is 15.4 Å². The Kier molecular flexibility index (Phi) is 4.27. The van der Waals surface area contributed by atoms with Crippen LogP contribution >= 0.6 is 15.9 Å². The van der Waals surface area contributed by atoms with E-state index in [9.17, 15) is 0 Å². The lowest BCUT2D eigenvalue weighted by molar-refractivity contribution is 0.417. The van der Waals surface area contributed by atoms with Crippen LogP contribution in [-0.4, -0.2) is 20.2 Å². The number of rotatable bonds is 4. The highest BCUT2D eigenvalue weighted by Crippen LogP contribution is 2.34. The highest BCUT2D eigenvalue weighted by Gasteiger charge is 2.10. The van der Waals surface area contributed by atoms with Gasteiger partial charge in [-0.1, -0.05) is 0 Å². The molecule has 1 aromatic carbocycles. The summed E-state index contributed by atoms with van der Waals surface area (Å²) in [5.74, 6) is 0.722. The molecule has 0 aromatic heterocycles. The van der Waals surface area contributed by atoms with Gasteiger partial charge in [0.15, 0.2) is 0 Å². The maximum atomic E-state index is 5.81. The molecule has 0 atom stereocenters. The fourth-order valence-corrected chi connectivity index (χ4v) is 2.15. The number of benzene rings is 1. The largest absolute Gasteiger partial charge is 0.495 e. The van der Waals surface area contributed by atoms with Crippen molar-refractivity contribution in [1.82, 2.24) is 0 Å². The van der Waals surface area contributed by atoms with Crippen LogP contribution in [0.15, 0.2) is 16.6 Å². The molecule has 0 amide bonds. The minimum Gasteiger partial charge on any atom is -0.495 e. The van der Waals surface area contributed by atoms with Crippen molar-refractivity contribution in [1.29, 1.82) is 0 Å². The van der Waals surface area contributed by atoms with Crippen molar-refractivity contribution in [3.63, 3.8) is 0 Å². The van der Waals surface area contributed by atoms with Crippen LogP contribution in [0.5, 0.6) is 5.75 Å². The van der Waals surface area contributed by atoms with Crippen LogP contribution < -0.4 is 15.4 Å². The van der Waals surface area contributed by atoms with Crippen molar-refractivity contribution >= 4 is 27.3 Å². The van der Waals surface area contributed by atoms with Crippen molar-refractivity contribution in [2.24, 2.45) is 0 Å². The van der Waals surface area contributed by atoms with Gasteiger partial charge in [-0.05, 0) is 35.8 Å². The average Bonchev–Trinajstić information content (AvgIpc) is 2.22. The summed E-state index contributed by atoms with van der Waals surface area (Å²) in [7, 11) is 1.63. The Morgan fingerprint density at radius 3 is 2.40 bits per heavy atom. The molecule has 0 heterocycles. The van der Waals surface area contributed by atoms with E-state index in [0.717, 1.165) is 29.0 Å². The summed E-state index contributed by atoms with van der Waals surface area (Å²) in [6, 6.07) is 3.85. The molecule has 4 heteroatoms. The SMILES string of the molecule is CCN(CC)c1cc(OC)c(N)cc1Br. The van der Waals surface area contributed by atoms with Crippen molar-refractivity contribution < 1.29 is 4.74 Å². The smallest absolute Gasteiger partial charge is 0.143 e. The Bertz CT molecular complexity index is 338. The Balaban J connectivity index is 3.17. The molecule has 0 aliphatic carbocycles. The van der Waals surface area contributed by atoms with E-state index in [4.69, 9.17) is 10.5 Å².